The van der Waals surface area contributed by atoms with Crippen molar-refractivity contribution in [1.29, 1.82) is 0 Å². The van der Waals surface area contributed by atoms with E-state index in [0.717, 1.165) is 0 Å². The molecular weight excluding hydrogens is 222 g/mol. The van der Waals surface area contributed by atoms with Crippen LogP contribution in [-0.2, 0) is 4.79 Å². The first-order chi connectivity index (χ1) is 7.88. The van der Waals surface area contributed by atoms with Gasteiger partial charge in [-0.3, -0.25) is 9.59 Å². The normalized spacial score (nSPS) is 10.8. The number of carbonyl (C=O) groups excluding carboxylic acids is 2. The fraction of sp³-hybridized carbons (Fsp3) is 0.364. The van der Waals surface area contributed by atoms with Crippen molar-refractivity contribution in [1.82, 2.24) is 15.6 Å². The third-order valence-electron chi connectivity index (χ3n) is 2.22. The number of hydrogen-bond donors (Lipinski definition) is 3. The van der Waals surface area contributed by atoms with Gasteiger partial charge < -0.3 is 15.7 Å². The Bertz CT molecular complexity index is 443. The first-order valence-corrected chi connectivity index (χ1v) is 5.07. The lowest BCUT2D eigenvalue weighted by molar-refractivity contribution is -0.125. The molecule has 0 spiro atoms. The molecule has 0 bridgehead atoms. The number of likely N-dealkylation sites (N-methyl/N-ethyl adjacent to an activating group) is 1. The predicted molar refractivity (Wildman–Crippen MR) is 61.5 cm³/mol. The van der Waals surface area contributed by atoms with Crippen LogP contribution in [0.5, 0.6) is 5.75 Å². The van der Waals surface area contributed by atoms with Crippen LogP contribution in [-0.4, -0.2) is 34.5 Å². The van der Waals surface area contributed by atoms with Gasteiger partial charge in [0.15, 0.2) is 5.69 Å². The van der Waals surface area contributed by atoms with E-state index in [1.165, 1.54) is 25.4 Å². The molecule has 6 nitrogen and oxygen atoms in total. The van der Waals surface area contributed by atoms with Crippen molar-refractivity contribution < 1.29 is 14.7 Å². The Balaban J connectivity index is 2.87. The Kier molecular flexibility index (Phi) is 3.67. The maximum atomic E-state index is 11.8. The summed E-state index contributed by atoms with van der Waals surface area (Å²) in [5.41, 5.74) is -1.18. The fourth-order valence-corrected chi connectivity index (χ4v) is 1.28. The number of aromatic nitrogens is 1. The first-order valence-electron chi connectivity index (χ1n) is 5.07. The van der Waals surface area contributed by atoms with Gasteiger partial charge in [0.25, 0.3) is 5.91 Å². The van der Waals surface area contributed by atoms with Gasteiger partial charge in [0.05, 0.1) is 0 Å². The summed E-state index contributed by atoms with van der Waals surface area (Å²) in [6, 6.07) is 2.87. The highest BCUT2D eigenvalue weighted by atomic mass is 16.3. The molecule has 0 aromatic carbocycles. The van der Waals surface area contributed by atoms with E-state index < -0.39 is 11.4 Å². The molecule has 0 radical (unpaired) electrons. The van der Waals surface area contributed by atoms with Crippen LogP contribution < -0.4 is 10.6 Å². The number of carbonyl (C=O) groups is 2. The van der Waals surface area contributed by atoms with Crippen molar-refractivity contribution in [3.8, 4) is 5.75 Å². The quantitative estimate of drug-likeness (QED) is 0.692. The van der Waals surface area contributed by atoms with Gasteiger partial charge in [0, 0.05) is 13.2 Å². The highest BCUT2D eigenvalue weighted by Gasteiger charge is 2.29. The standard InChI is InChI=1S/C11H15N3O3/c1-11(2,10(17)12-3)14-9(16)8-7(15)5-4-6-13-8/h4-6,15H,1-3H3,(H,12,17)(H,14,16). The Morgan fingerprint density at radius 3 is 2.59 bits per heavy atom. The molecule has 0 unspecified atom stereocenters. The zero-order chi connectivity index (χ0) is 13.1. The van der Waals surface area contributed by atoms with Gasteiger partial charge in [-0.1, -0.05) is 0 Å². The molecule has 2 amide bonds. The summed E-state index contributed by atoms with van der Waals surface area (Å²) in [6.45, 7) is 3.12. The minimum atomic E-state index is -1.07. The van der Waals surface area contributed by atoms with Crippen molar-refractivity contribution >= 4 is 11.8 Å². The maximum absolute atomic E-state index is 11.8. The summed E-state index contributed by atoms with van der Waals surface area (Å²) in [7, 11) is 1.48. The minimum absolute atomic E-state index is 0.107. The summed E-state index contributed by atoms with van der Waals surface area (Å²) in [5.74, 6) is -1.16. The average molecular weight is 237 g/mol. The van der Waals surface area contributed by atoms with Crippen LogP contribution in [0.3, 0.4) is 0 Å². The molecule has 0 aliphatic carbocycles. The van der Waals surface area contributed by atoms with Crippen LogP contribution in [0.2, 0.25) is 0 Å². The third-order valence-corrected chi connectivity index (χ3v) is 2.22. The first kappa shape index (κ1) is 13.0. The Morgan fingerprint density at radius 2 is 2.06 bits per heavy atom. The predicted octanol–water partition coefficient (Wildman–Crippen LogP) is 0.0416. The summed E-state index contributed by atoms with van der Waals surface area (Å²) >= 11 is 0. The Morgan fingerprint density at radius 1 is 1.41 bits per heavy atom. The zero-order valence-electron chi connectivity index (χ0n) is 9.94. The summed E-state index contributed by atoms with van der Waals surface area (Å²) in [5, 5.41) is 14.4. The highest BCUT2D eigenvalue weighted by molar-refractivity contribution is 5.99. The summed E-state index contributed by atoms with van der Waals surface area (Å²) < 4.78 is 0. The molecule has 17 heavy (non-hydrogen) atoms. The molecule has 1 aromatic heterocycles. The van der Waals surface area contributed by atoms with E-state index in [1.54, 1.807) is 13.8 Å². The highest BCUT2D eigenvalue weighted by Crippen LogP contribution is 2.13. The molecule has 0 fully saturated rings. The molecule has 0 aliphatic rings. The molecule has 3 N–H and O–H groups in total. The second kappa shape index (κ2) is 4.82. The monoisotopic (exact) mass is 237 g/mol. The molecule has 1 aromatic rings. The van der Waals surface area contributed by atoms with Crippen molar-refractivity contribution in [2.24, 2.45) is 0 Å². The van der Waals surface area contributed by atoms with E-state index in [-0.39, 0.29) is 17.4 Å². The van der Waals surface area contributed by atoms with Crippen LogP contribution in [0.4, 0.5) is 0 Å². The van der Waals surface area contributed by atoms with Crippen LogP contribution in [0.25, 0.3) is 0 Å². The molecule has 0 atom stereocenters. The van der Waals surface area contributed by atoms with E-state index in [4.69, 9.17) is 0 Å². The van der Waals surface area contributed by atoms with Crippen LogP contribution >= 0.6 is 0 Å². The topological polar surface area (TPSA) is 91.3 Å². The molecule has 0 saturated heterocycles. The molecule has 6 heteroatoms. The van der Waals surface area contributed by atoms with Gasteiger partial charge in [-0.25, -0.2) is 4.98 Å². The number of amides is 2. The number of pyridine rings is 1. The molecule has 1 rings (SSSR count). The van der Waals surface area contributed by atoms with Crippen molar-refractivity contribution in [2.75, 3.05) is 7.05 Å². The van der Waals surface area contributed by atoms with E-state index in [0.29, 0.717) is 0 Å². The van der Waals surface area contributed by atoms with Crippen LogP contribution in [0.15, 0.2) is 18.3 Å². The van der Waals surface area contributed by atoms with E-state index in [2.05, 4.69) is 15.6 Å². The number of nitrogens with zero attached hydrogens (tertiary/aromatic N) is 1. The van der Waals surface area contributed by atoms with Gasteiger partial charge in [0.2, 0.25) is 5.91 Å². The SMILES string of the molecule is CNC(=O)C(C)(C)NC(=O)c1ncccc1O. The molecule has 0 aliphatic heterocycles. The second-order valence-corrected chi connectivity index (χ2v) is 4.03. The van der Waals surface area contributed by atoms with Crippen LogP contribution in [0, 0.1) is 0 Å². The maximum Gasteiger partial charge on any atom is 0.274 e. The van der Waals surface area contributed by atoms with Gasteiger partial charge in [0.1, 0.15) is 11.3 Å². The molecule has 92 valence electrons. The van der Waals surface area contributed by atoms with Gasteiger partial charge in [-0.2, -0.15) is 0 Å². The summed E-state index contributed by atoms with van der Waals surface area (Å²) in [6.07, 6.45) is 1.39. The molecule has 0 saturated carbocycles. The van der Waals surface area contributed by atoms with Crippen LogP contribution in [0.1, 0.15) is 24.3 Å². The van der Waals surface area contributed by atoms with Crippen molar-refractivity contribution in [2.45, 2.75) is 19.4 Å². The van der Waals surface area contributed by atoms with Gasteiger partial charge in [-0.15, -0.1) is 0 Å². The molecule has 1 heterocycles. The Labute approximate surface area is 99.1 Å². The second-order valence-electron chi connectivity index (χ2n) is 4.03. The van der Waals surface area contributed by atoms with Crippen molar-refractivity contribution in [3.05, 3.63) is 24.0 Å². The number of nitrogens with one attached hydrogen (secondary N) is 2. The Hall–Kier alpha value is -2.11. The van der Waals surface area contributed by atoms with Gasteiger partial charge >= 0.3 is 0 Å². The lowest BCUT2D eigenvalue weighted by Crippen LogP contribution is -2.54. The number of aromatic hydroxyl groups is 1. The van der Waals surface area contributed by atoms with E-state index in [9.17, 15) is 14.7 Å². The van der Waals surface area contributed by atoms with Gasteiger partial charge in [-0.05, 0) is 26.0 Å². The van der Waals surface area contributed by atoms with E-state index in [1.807, 2.05) is 0 Å². The fourth-order valence-electron chi connectivity index (χ4n) is 1.28. The molecular formula is C11H15N3O3. The average Bonchev–Trinajstić information content (AvgIpc) is 2.27. The lowest BCUT2D eigenvalue weighted by atomic mass is 10.0. The number of hydrogen-bond acceptors (Lipinski definition) is 4. The lowest BCUT2D eigenvalue weighted by Gasteiger charge is -2.23. The smallest absolute Gasteiger partial charge is 0.274 e. The third kappa shape index (κ3) is 2.93. The number of rotatable bonds is 3. The largest absolute Gasteiger partial charge is 0.505 e. The minimum Gasteiger partial charge on any atom is -0.505 e. The zero-order valence-corrected chi connectivity index (χ0v) is 9.94. The summed E-state index contributed by atoms with van der Waals surface area (Å²) in [4.78, 5) is 27.0. The van der Waals surface area contributed by atoms with Crippen molar-refractivity contribution in [3.63, 3.8) is 0 Å². The van der Waals surface area contributed by atoms with E-state index >= 15 is 0 Å².